The van der Waals surface area contributed by atoms with Gasteiger partial charge >= 0.3 is 5.97 Å². The van der Waals surface area contributed by atoms with Gasteiger partial charge in [-0.2, -0.15) is 0 Å². The predicted molar refractivity (Wildman–Crippen MR) is 105 cm³/mol. The third kappa shape index (κ3) is 6.61. The maximum Gasteiger partial charge on any atom is 0.305 e. The number of hydrogen-bond acceptors (Lipinski definition) is 4. The molecule has 3 N–H and O–H groups in total. The van der Waals surface area contributed by atoms with E-state index < -0.39 is 0 Å². The quantitative estimate of drug-likeness (QED) is 0.674. The zero-order valence-electron chi connectivity index (χ0n) is 15.5. The van der Waals surface area contributed by atoms with Crippen molar-refractivity contribution in [3.63, 3.8) is 0 Å². The molecule has 1 saturated carbocycles. The second kappa shape index (κ2) is 11.2. The van der Waals surface area contributed by atoms with Gasteiger partial charge in [0.1, 0.15) is 0 Å². The van der Waals surface area contributed by atoms with E-state index >= 15 is 0 Å². The van der Waals surface area contributed by atoms with Crippen LogP contribution in [-0.2, 0) is 14.3 Å². The summed E-state index contributed by atoms with van der Waals surface area (Å²) in [5, 5.41) is 3.12. The number of nitrogens with two attached hydrogens (primary N) is 1. The Hall–Kier alpha value is -1.59. The molecule has 1 aliphatic rings. The van der Waals surface area contributed by atoms with Crippen molar-refractivity contribution in [2.24, 2.45) is 11.1 Å². The normalized spacial score (nSPS) is 16.8. The molecule has 2 rings (SSSR count). The number of halogens is 1. The number of rotatable bonds is 8. The van der Waals surface area contributed by atoms with Gasteiger partial charge in [-0.1, -0.05) is 49.6 Å². The molecule has 0 aromatic heterocycles. The number of hydrogen-bond donors (Lipinski definition) is 2. The first-order chi connectivity index (χ1) is 12.1. The number of carbonyl (C=O) groups excluding carboxylic acids is 2. The minimum Gasteiger partial charge on any atom is -0.469 e. The van der Waals surface area contributed by atoms with Crippen molar-refractivity contribution < 1.29 is 14.3 Å². The van der Waals surface area contributed by atoms with Crippen molar-refractivity contribution in [1.29, 1.82) is 0 Å². The largest absolute Gasteiger partial charge is 0.469 e. The first kappa shape index (κ1) is 22.5. The molecule has 0 radical (unpaired) electrons. The summed E-state index contributed by atoms with van der Waals surface area (Å²) >= 11 is 0. The number of amides is 1. The van der Waals surface area contributed by atoms with Gasteiger partial charge in [0.15, 0.2) is 0 Å². The zero-order valence-corrected chi connectivity index (χ0v) is 16.4. The van der Waals surface area contributed by atoms with Gasteiger partial charge in [-0.15, -0.1) is 12.4 Å². The van der Waals surface area contributed by atoms with E-state index in [0.717, 1.165) is 31.2 Å². The van der Waals surface area contributed by atoms with Crippen molar-refractivity contribution in [3.05, 3.63) is 35.9 Å². The highest BCUT2D eigenvalue weighted by molar-refractivity contribution is 5.85. The number of esters is 1. The molecule has 0 bridgehead atoms. The highest BCUT2D eigenvalue weighted by Crippen LogP contribution is 2.38. The summed E-state index contributed by atoms with van der Waals surface area (Å²) < 4.78 is 4.73. The van der Waals surface area contributed by atoms with Crippen LogP contribution >= 0.6 is 12.4 Å². The Morgan fingerprint density at radius 3 is 2.42 bits per heavy atom. The van der Waals surface area contributed by atoms with E-state index in [1.807, 2.05) is 30.3 Å². The van der Waals surface area contributed by atoms with Crippen LogP contribution in [0, 0.1) is 5.41 Å². The van der Waals surface area contributed by atoms with Gasteiger partial charge in [-0.25, -0.2) is 0 Å². The summed E-state index contributed by atoms with van der Waals surface area (Å²) in [4.78, 5) is 24.2. The molecule has 26 heavy (non-hydrogen) atoms. The molecule has 6 heteroatoms. The third-order valence-corrected chi connectivity index (χ3v) is 5.28. The van der Waals surface area contributed by atoms with E-state index in [-0.39, 0.29) is 42.2 Å². The van der Waals surface area contributed by atoms with E-state index in [2.05, 4.69) is 5.32 Å². The molecule has 0 heterocycles. The molecule has 1 aromatic rings. The molecule has 1 amide bonds. The smallest absolute Gasteiger partial charge is 0.305 e. The van der Waals surface area contributed by atoms with Crippen LogP contribution in [0.1, 0.15) is 63.0 Å². The van der Waals surface area contributed by atoms with Crippen molar-refractivity contribution in [2.75, 3.05) is 13.7 Å². The fraction of sp³-hybridized carbons (Fsp3) is 0.600. The Morgan fingerprint density at radius 1 is 1.19 bits per heavy atom. The third-order valence-electron chi connectivity index (χ3n) is 5.28. The van der Waals surface area contributed by atoms with Crippen molar-refractivity contribution in [1.82, 2.24) is 5.32 Å². The first-order valence-electron chi connectivity index (χ1n) is 9.20. The Morgan fingerprint density at radius 2 is 1.85 bits per heavy atom. The van der Waals surface area contributed by atoms with Gasteiger partial charge in [0.2, 0.25) is 5.91 Å². The van der Waals surface area contributed by atoms with E-state index in [1.54, 1.807) is 0 Å². The summed E-state index contributed by atoms with van der Waals surface area (Å²) in [5.74, 6) is -0.244. The predicted octanol–water partition coefficient (Wildman–Crippen LogP) is 3.52. The van der Waals surface area contributed by atoms with Crippen molar-refractivity contribution in [2.45, 2.75) is 57.4 Å². The summed E-state index contributed by atoms with van der Waals surface area (Å²) in [5.41, 5.74) is 6.94. The molecule has 1 unspecified atom stereocenters. The monoisotopic (exact) mass is 382 g/mol. The summed E-state index contributed by atoms with van der Waals surface area (Å²) in [6.45, 7) is 0.554. The lowest BCUT2D eigenvalue weighted by Crippen LogP contribution is -2.39. The van der Waals surface area contributed by atoms with Crippen LogP contribution in [-0.4, -0.2) is 25.5 Å². The van der Waals surface area contributed by atoms with Crippen LogP contribution < -0.4 is 11.1 Å². The Kier molecular flexibility index (Phi) is 9.66. The van der Waals surface area contributed by atoms with Crippen LogP contribution in [0.25, 0.3) is 0 Å². The number of benzene rings is 1. The van der Waals surface area contributed by atoms with Crippen molar-refractivity contribution in [3.8, 4) is 0 Å². The molecule has 1 atom stereocenters. The van der Waals surface area contributed by atoms with Crippen LogP contribution in [0.15, 0.2) is 30.3 Å². The zero-order chi connectivity index (χ0) is 18.1. The van der Waals surface area contributed by atoms with E-state index in [9.17, 15) is 9.59 Å². The molecular weight excluding hydrogens is 352 g/mol. The lowest BCUT2D eigenvalue weighted by atomic mass is 9.71. The summed E-state index contributed by atoms with van der Waals surface area (Å²) in [6.07, 6.45) is 6.84. The molecule has 0 saturated heterocycles. The molecule has 1 fully saturated rings. The van der Waals surface area contributed by atoms with Crippen molar-refractivity contribution >= 4 is 24.3 Å². The van der Waals surface area contributed by atoms with E-state index in [4.69, 9.17) is 10.5 Å². The molecule has 0 aliphatic heterocycles. The fourth-order valence-corrected chi connectivity index (χ4v) is 3.71. The highest BCUT2D eigenvalue weighted by atomic mass is 35.5. The second-order valence-electron chi connectivity index (χ2n) is 7.09. The number of nitrogens with one attached hydrogen (secondary N) is 1. The average Bonchev–Trinajstić information content (AvgIpc) is 2.66. The van der Waals surface area contributed by atoms with E-state index in [1.165, 1.54) is 13.5 Å². The Labute approximate surface area is 162 Å². The highest BCUT2D eigenvalue weighted by Gasteiger charge is 2.33. The first-order valence-corrected chi connectivity index (χ1v) is 9.20. The number of ether oxygens (including phenoxy) is 1. The minimum absolute atomic E-state index is 0. The van der Waals surface area contributed by atoms with Crippen LogP contribution in [0.3, 0.4) is 0 Å². The van der Waals surface area contributed by atoms with Gasteiger partial charge in [0.25, 0.3) is 0 Å². The van der Waals surface area contributed by atoms with Gasteiger partial charge in [-0.3, -0.25) is 9.59 Å². The SMILES string of the molecule is COC(=O)CCC(NC(=O)CC1(CN)CCCCC1)c1ccccc1.Cl. The fourth-order valence-electron chi connectivity index (χ4n) is 3.71. The molecular formula is C20H31ClN2O3. The Balaban J connectivity index is 0.00000338. The van der Waals surface area contributed by atoms with Gasteiger partial charge in [0.05, 0.1) is 13.2 Å². The van der Waals surface area contributed by atoms with E-state index in [0.29, 0.717) is 19.4 Å². The maximum atomic E-state index is 12.7. The van der Waals surface area contributed by atoms with Gasteiger partial charge in [-0.05, 0) is 36.8 Å². The Bertz CT molecular complexity index is 559. The lowest BCUT2D eigenvalue weighted by molar-refractivity contribution is -0.141. The average molecular weight is 383 g/mol. The van der Waals surface area contributed by atoms with Crippen LogP contribution in [0.4, 0.5) is 0 Å². The number of methoxy groups -OCH3 is 1. The topological polar surface area (TPSA) is 81.4 Å². The van der Waals surface area contributed by atoms with Gasteiger partial charge < -0.3 is 15.8 Å². The summed E-state index contributed by atoms with van der Waals surface area (Å²) in [7, 11) is 1.38. The molecule has 5 nitrogen and oxygen atoms in total. The molecule has 1 aromatic carbocycles. The second-order valence-corrected chi connectivity index (χ2v) is 7.09. The number of carbonyl (C=O) groups is 2. The molecule has 146 valence electrons. The summed E-state index contributed by atoms with van der Waals surface area (Å²) in [6, 6.07) is 9.58. The molecule has 0 spiro atoms. The van der Waals surface area contributed by atoms with Gasteiger partial charge in [0, 0.05) is 12.8 Å². The standard InChI is InChI=1S/C20H30N2O3.ClH/c1-25-19(24)11-10-17(16-8-4-2-5-9-16)22-18(23)14-20(15-21)12-6-3-7-13-20;/h2,4-5,8-9,17H,3,6-7,10-15,21H2,1H3,(H,22,23);1H. The minimum atomic E-state index is -0.263. The van der Waals surface area contributed by atoms with Crippen LogP contribution in [0.2, 0.25) is 0 Å². The molecule has 1 aliphatic carbocycles. The van der Waals surface area contributed by atoms with Crippen LogP contribution in [0.5, 0.6) is 0 Å². The lowest BCUT2D eigenvalue weighted by Gasteiger charge is -2.36. The maximum absolute atomic E-state index is 12.7.